The number of hydrogen-bond donors (Lipinski definition) is 3. The minimum absolute atomic E-state index is 0.0289. The smallest absolute Gasteiger partial charge is 0.199 e. The second kappa shape index (κ2) is 2.63. The molecule has 1 heterocycles. The second-order valence-electron chi connectivity index (χ2n) is 4.28. The molecule has 2 aromatic carbocycles. The summed E-state index contributed by atoms with van der Waals surface area (Å²) >= 11 is 0. The van der Waals surface area contributed by atoms with Gasteiger partial charge in [0, 0.05) is 0 Å². The second-order valence-corrected chi connectivity index (χ2v) is 4.28. The predicted molar refractivity (Wildman–Crippen MR) is 66.1 cm³/mol. The van der Waals surface area contributed by atoms with Crippen LogP contribution in [0.5, 0.6) is 11.8 Å². The van der Waals surface area contributed by atoms with Crippen molar-refractivity contribution in [2.24, 2.45) is 0 Å². The maximum absolute atomic E-state index is 9.86. The van der Waals surface area contributed by atoms with Crippen molar-refractivity contribution >= 4 is 10.8 Å². The molecular formula is C14H9NO2. The number of aromatic nitrogens is 1. The van der Waals surface area contributed by atoms with Crippen molar-refractivity contribution in [3.05, 3.63) is 36.4 Å². The highest BCUT2D eigenvalue weighted by atomic mass is 16.3. The highest BCUT2D eigenvalue weighted by Gasteiger charge is 2.28. The van der Waals surface area contributed by atoms with Gasteiger partial charge in [0.05, 0.1) is 11.1 Å². The lowest BCUT2D eigenvalue weighted by Gasteiger charge is -2.02. The number of rotatable bonds is 0. The molecule has 1 aromatic heterocycles. The van der Waals surface area contributed by atoms with Gasteiger partial charge >= 0.3 is 0 Å². The molecule has 0 aliphatic heterocycles. The third-order valence-corrected chi connectivity index (χ3v) is 3.40. The van der Waals surface area contributed by atoms with Crippen LogP contribution in [0.25, 0.3) is 33.0 Å². The van der Waals surface area contributed by atoms with E-state index in [2.05, 4.69) is 4.98 Å². The van der Waals surface area contributed by atoms with Gasteiger partial charge in [0.15, 0.2) is 11.8 Å². The standard InChI is InChI=1S/C14H9NO2/c16-13-11-8-5-1-3-7-4-2-6-9(10(7)8)12(11)14(17)15-13/h1-6,15-17H. The highest BCUT2D eigenvalue weighted by Crippen LogP contribution is 2.54. The summed E-state index contributed by atoms with van der Waals surface area (Å²) in [7, 11) is 0. The van der Waals surface area contributed by atoms with Crippen LogP contribution in [-0.4, -0.2) is 15.2 Å². The number of aromatic amines is 1. The largest absolute Gasteiger partial charge is 0.494 e. The van der Waals surface area contributed by atoms with E-state index in [0.29, 0.717) is 11.1 Å². The summed E-state index contributed by atoms with van der Waals surface area (Å²) in [5, 5.41) is 21.9. The van der Waals surface area contributed by atoms with E-state index in [-0.39, 0.29) is 11.8 Å². The third-order valence-electron chi connectivity index (χ3n) is 3.40. The Kier molecular flexibility index (Phi) is 1.35. The van der Waals surface area contributed by atoms with Crippen molar-refractivity contribution in [1.29, 1.82) is 0 Å². The lowest BCUT2D eigenvalue weighted by Crippen LogP contribution is -1.76. The number of benzene rings is 2. The van der Waals surface area contributed by atoms with E-state index in [1.807, 2.05) is 36.4 Å². The van der Waals surface area contributed by atoms with Crippen molar-refractivity contribution in [1.82, 2.24) is 4.98 Å². The summed E-state index contributed by atoms with van der Waals surface area (Å²) in [5.74, 6) is 0.0578. The first-order valence-corrected chi connectivity index (χ1v) is 5.44. The quantitative estimate of drug-likeness (QED) is 0.428. The number of H-pyrrole nitrogens is 1. The summed E-state index contributed by atoms with van der Waals surface area (Å²) in [4.78, 5) is 2.57. The van der Waals surface area contributed by atoms with Crippen molar-refractivity contribution in [3.63, 3.8) is 0 Å². The van der Waals surface area contributed by atoms with Crippen molar-refractivity contribution in [3.8, 4) is 34.0 Å². The molecule has 17 heavy (non-hydrogen) atoms. The monoisotopic (exact) mass is 223 g/mol. The summed E-state index contributed by atoms with van der Waals surface area (Å²) < 4.78 is 0. The van der Waals surface area contributed by atoms with Crippen molar-refractivity contribution < 1.29 is 10.2 Å². The van der Waals surface area contributed by atoms with Crippen LogP contribution in [0.3, 0.4) is 0 Å². The zero-order chi connectivity index (χ0) is 11.6. The molecule has 0 atom stereocenters. The molecule has 3 N–H and O–H groups in total. The summed E-state index contributed by atoms with van der Waals surface area (Å²) in [5.41, 5.74) is 3.35. The van der Waals surface area contributed by atoms with Crippen LogP contribution in [0, 0.1) is 0 Å². The molecule has 0 amide bonds. The van der Waals surface area contributed by atoms with Gasteiger partial charge in [-0.05, 0) is 21.9 Å². The first-order valence-electron chi connectivity index (χ1n) is 5.44. The molecule has 0 radical (unpaired) electrons. The van der Waals surface area contributed by atoms with Crippen molar-refractivity contribution in [2.45, 2.75) is 0 Å². The van der Waals surface area contributed by atoms with Crippen molar-refractivity contribution in [2.75, 3.05) is 0 Å². The third kappa shape index (κ3) is 0.877. The zero-order valence-electron chi connectivity index (χ0n) is 8.86. The van der Waals surface area contributed by atoms with Crippen LogP contribution in [-0.2, 0) is 0 Å². The Hall–Kier alpha value is -2.42. The fraction of sp³-hybridized carbons (Fsp3) is 0. The van der Waals surface area contributed by atoms with E-state index in [1.54, 1.807) is 0 Å². The zero-order valence-corrected chi connectivity index (χ0v) is 8.86. The fourth-order valence-electron chi connectivity index (χ4n) is 2.76. The average Bonchev–Trinajstić information content (AvgIpc) is 2.81. The SMILES string of the molecule is Oc1[nH]c(O)c2c1-c1cccc3cccc-2c13. The number of hydrogen-bond acceptors (Lipinski definition) is 2. The molecule has 0 spiro atoms. The van der Waals surface area contributed by atoms with E-state index in [4.69, 9.17) is 0 Å². The maximum atomic E-state index is 9.86. The number of nitrogens with one attached hydrogen (secondary N) is 1. The van der Waals surface area contributed by atoms with Gasteiger partial charge in [0.1, 0.15) is 0 Å². The van der Waals surface area contributed by atoms with E-state index in [9.17, 15) is 10.2 Å². The molecule has 3 nitrogen and oxygen atoms in total. The Labute approximate surface area is 97.0 Å². The van der Waals surface area contributed by atoms with E-state index >= 15 is 0 Å². The Morgan fingerprint density at radius 3 is 1.82 bits per heavy atom. The Balaban J connectivity index is 2.31. The molecule has 0 saturated carbocycles. The van der Waals surface area contributed by atoms with E-state index < -0.39 is 0 Å². The normalized spacial score (nSPS) is 12.0. The van der Waals surface area contributed by atoms with Gasteiger partial charge in [-0.15, -0.1) is 0 Å². The summed E-state index contributed by atoms with van der Waals surface area (Å²) in [6.07, 6.45) is 0. The highest BCUT2D eigenvalue weighted by molar-refractivity contribution is 6.17. The predicted octanol–water partition coefficient (Wildman–Crippen LogP) is 3.23. The molecule has 82 valence electrons. The minimum Gasteiger partial charge on any atom is -0.494 e. The Morgan fingerprint density at radius 2 is 1.29 bits per heavy atom. The van der Waals surface area contributed by atoms with Gasteiger partial charge in [-0.25, -0.2) is 0 Å². The molecule has 3 heteroatoms. The first-order chi connectivity index (χ1) is 8.27. The molecule has 0 unspecified atom stereocenters. The first kappa shape index (κ1) is 8.70. The fourth-order valence-corrected chi connectivity index (χ4v) is 2.76. The van der Waals surface area contributed by atoms with E-state index in [0.717, 1.165) is 21.9 Å². The molecule has 0 saturated heterocycles. The minimum atomic E-state index is 0.0289. The molecule has 4 rings (SSSR count). The van der Waals surface area contributed by atoms with Crippen LogP contribution in [0.15, 0.2) is 36.4 Å². The average molecular weight is 223 g/mol. The lowest BCUT2D eigenvalue weighted by molar-refractivity contribution is 0.426. The maximum Gasteiger partial charge on any atom is 0.199 e. The van der Waals surface area contributed by atoms with Crippen LogP contribution < -0.4 is 0 Å². The topological polar surface area (TPSA) is 56.2 Å². The summed E-state index contributed by atoms with van der Waals surface area (Å²) in [6, 6.07) is 11.9. The molecule has 0 bridgehead atoms. The van der Waals surface area contributed by atoms with Gasteiger partial charge in [-0.3, -0.25) is 4.98 Å². The van der Waals surface area contributed by atoms with Gasteiger partial charge < -0.3 is 10.2 Å². The van der Waals surface area contributed by atoms with Crippen LogP contribution in [0.1, 0.15) is 0 Å². The number of aromatic hydroxyl groups is 2. The molecule has 1 aliphatic rings. The van der Waals surface area contributed by atoms with Gasteiger partial charge in [-0.2, -0.15) is 0 Å². The Bertz CT molecular complexity index is 712. The Morgan fingerprint density at radius 1 is 0.765 bits per heavy atom. The molecule has 1 aliphatic carbocycles. The van der Waals surface area contributed by atoms with Gasteiger partial charge in [0.2, 0.25) is 0 Å². The lowest BCUT2D eigenvalue weighted by atomic mass is 10.0. The molecule has 0 fully saturated rings. The summed E-state index contributed by atoms with van der Waals surface area (Å²) in [6.45, 7) is 0. The molecule has 3 aromatic rings. The molecular weight excluding hydrogens is 214 g/mol. The number of fused-ring (bicyclic) bond motifs is 3. The van der Waals surface area contributed by atoms with Crippen LogP contribution >= 0.6 is 0 Å². The van der Waals surface area contributed by atoms with Gasteiger partial charge in [0.25, 0.3) is 0 Å². The van der Waals surface area contributed by atoms with E-state index in [1.165, 1.54) is 0 Å². The van der Waals surface area contributed by atoms with Crippen LogP contribution in [0.2, 0.25) is 0 Å². The van der Waals surface area contributed by atoms with Crippen LogP contribution in [0.4, 0.5) is 0 Å². The van der Waals surface area contributed by atoms with Gasteiger partial charge in [-0.1, -0.05) is 36.4 Å².